The van der Waals surface area contributed by atoms with Crippen molar-refractivity contribution in [1.82, 2.24) is 4.90 Å². The maximum Gasteiger partial charge on any atom is 0.306 e. The molecular weight excluding hydrogens is 576 g/mol. The van der Waals surface area contributed by atoms with Crippen LogP contribution in [0.2, 0.25) is 0 Å². The van der Waals surface area contributed by atoms with E-state index in [1.165, 1.54) is 0 Å². The molecule has 1 N–H and O–H groups in total. The molecule has 0 aliphatic carbocycles. The standard InChI is InChI=1S/C31H39BrN2O6/c1-30(2,3)40-26(36)16-17-31(29(37)34-18-5-4-6-19-34)27(22-8-12-24(32)13-9-22)39-28(33-31)23-10-14-25(15-11-23)38-21-7-20-35/h8-15,27,35H,4-7,16-21H2,1-3H3/t27-,31-/m1/s1. The fraction of sp³-hybridized carbons (Fsp3) is 0.516. The first-order valence-electron chi connectivity index (χ1n) is 14.0. The average Bonchev–Trinajstić information content (AvgIpc) is 3.33. The van der Waals surface area contributed by atoms with Crippen molar-refractivity contribution in [1.29, 1.82) is 0 Å². The van der Waals surface area contributed by atoms with Crippen LogP contribution in [0.4, 0.5) is 0 Å². The molecule has 8 nitrogen and oxygen atoms in total. The van der Waals surface area contributed by atoms with E-state index in [1.807, 2.05) is 74.2 Å². The zero-order chi connectivity index (χ0) is 28.8. The molecule has 9 heteroatoms. The van der Waals surface area contributed by atoms with Gasteiger partial charge < -0.3 is 24.2 Å². The summed E-state index contributed by atoms with van der Waals surface area (Å²) in [7, 11) is 0. The minimum Gasteiger partial charge on any atom is -0.494 e. The molecule has 1 saturated heterocycles. The Morgan fingerprint density at radius 1 is 1.07 bits per heavy atom. The largest absolute Gasteiger partial charge is 0.494 e. The van der Waals surface area contributed by atoms with Crippen LogP contribution in [0.25, 0.3) is 0 Å². The number of carbonyl (C=O) groups is 2. The lowest BCUT2D eigenvalue weighted by Crippen LogP contribution is -2.52. The number of aliphatic hydroxyl groups is 1. The van der Waals surface area contributed by atoms with E-state index in [0.29, 0.717) is 43.3 Å². The summed E-state index contributed by atoms with van der Waals surface area (Å²) in [6, 6.07) is 15.0. The molecule has 1 fully saturated rings. The molecule has 1 amide bonds. The molecule has 0 spiro atoms. The number of nitrogens with zero attached hydrogens (tertiary/aromatic N) is 2. The van der Waals surface area contributed by atoms with Gasteiger partial charge in [0.1, 0.15) is 11.4 Å². The number of ether oxygens (including phenoxy) is 3. The van der Waals surface area contributed by atoms with Gasteiger partial charge in [-0.05, 0) is 88.4 Å². The third-order valence-corrected chi connectivity index (χ3v) is 7.48. The summed E-state index contributed by atoms with van der Waals surface area (Å²) in [5, 5.41) is 9.01. The summed E-state index contributed by atoms with van der Waals surface area (Å²) >= 11 is 3.50. The minimum absolute atomic E-state index is 0.0294. The molecular formula is C31H39BrN2O6. The van der Waals surface area contributed by atoms with Crippen molar-refractivity contribution in [2.24, 2.45) is 4.99 Å². The number of halogens is 1. The van der Waals surface area contributed by atoms with Gasteiger partial charge in [0.15, 0.2) is 11.6 Å². The Labute approximate surface area is 244 Å². The number of hydrogen-bond acceptors (Lipinski definition) is 7. The second kappa shape index (κ2) is 13.2. The predicted octanol–water partition coefficient (Wildman–Crippen LogP) is 5.60. The molecule has 0 bridgehead atoms. The SMILES string of the molecule is CC(C)(C)OC(=O)CC[C@@]1(C(=O)N2CCCCC2)N=C(c2ccc(OCCCO)cc2)O[C@@H]1c1ccc(Br)cc1. The zero-order valence-corrected chi connectivity index (χ0v) is 25.1. The molecule has 4 rings (SSSR count). The summed E-state index contributed by atoms with van der Waals surface area (Å²) in [5.74, 6) is 0.522. The second-order valence-corrected chi connectivity index (χ2v) is 12.2. The Hall–Kier alpha value is -2.91. The molecule has 2 aliphatic rings. The number of likely N-dealkylation sites (tertiary alicyclic amines) is 1. The third kappa shape index (κ3) is 7.43. The van der Waals surface area contributed by atoms with E-state index in [2.05, 4.69) is 15.9 Å². The smallest absolute Gasteiger partial charge is 0.306 e. The van der Waals surface area contributed by atoms with Gasteiger partial charge >= 0.3 is 5.97 Å². The first-order chi connectivity index (χ1) is 19.1. The second-order valence-electron chi connectivity index (χ2n) is 11.3. The lowest BCUT2D eigenvalue weighted by Gasteiger charge is -2.37. The molecule has 0 unspecified atom stereocenters. The van der Waals surface area contributed by atoms with Crippen LogP contribution in [0.5, 0.6) is 5.75 Å². The fourth-order valence-electron chi connectivity index (χ4n) is 5.05. The number of amides is 1. The van der Waals surface area contributed by atoms with Crippen LogP contribution >= 0.6 is 15.9 Å². The van der Waals surface area contributed by atoms with Crippen LogP contribution in [0.15, 0.2) is 58.0 Å². The Morgan fingerprint density at radius 2 is 1.75 bits per heavy atom. The summed E-state index contributed by atoms with van der Waals surface area (Å²) in [4.78, 5) is 34.2. The third-order valence-electron chi connectivity index (χ3n) is 6.95. The van der Waals surface area contributed by atoms with Crippen LogP contribution in [-0.2, 0) is 19.1 Å². The van der Waals surface area contributed by atoms with Crippen LogP contribution in [0, 0.1) is 0 Å². The van der Waals surface area contributed by atoms with Gasteiger partial charge in [0.2, 0.25) is 5.90 Å². The van der Waals surface area contributed by atoms with Crippen molar-refractivity contribution in [2.75, 3.05) is 26.3 Å². The molecule has 0 aromatic heterocycles. The van der Waals surface area contributed by atoms with Crippen molar-refractivity contribution in [3.63, 3.8) is 0 Å². The van der Waals surface area contributed by atoms with E-state index < -0.39 is 17.2 Å². The molecule has 0 saturated carbocycles. The van der Waals surface area contributed by atoms with Crippen LogP contribution < -0.4 is 4.74 Å². The topological polar surface area (TPSA) is 97.7 Å². The monoisotopic (exact) mass is 614 g/mol. The highest BCUT2D eigenvalue weighted by Crippen LogP contribution is 2.45. The maximum absolute atomic E-state index is 14.4. The average molecular weight is 616 g/mol. The molecule has 2 aromatic carbocycles. The van der Waals surface area contributed by atoms with Gasteiger partial charge in [0.05, 0.1) is 6.61 Å². The Morgan fingerprint density at radius 3 is 2.38 bits per heavy atom. The van der Waals surface area contributed by atoms with Crippen molar-refractivity contribution in [3.8, 4) is 5.75 Å². The predicted molar refractivity (Wildman–Crippen MR) is 156 cm³/mol. The maximum atomic E-state index is 14.4. The van der Waals surface area contributed by atoms with Crippen molar-refractivity contribution in [2.45, 2.75) is 76.5 Å². The van der Waals surface area contributed by atoms with Crippen LogP contribution in [-0.4, -0.2) is 65.2 Å². The minimum atomic E-state index is -1.33. The first-order valence-corrected chi connectivity index (χ1v) is 14.8. The number of aliphatic imine (C=N–C) groups is 1. The normalized spacial score (nSPS) is 21.0. The van der Waals surface area contributed by atoms with Crippen LogP contribution in [0.3, 0.4) is 0 Å². The summed E-state index contributed by atoms with van der Waals surface area (Å²) < 4.78 is 18.7. The molecule has 2 aliphatic heterocycles. The van der Waals surface area contributed by atoms with Gasteiger partial charge in [-0.15, -0.1) is 0 Å². The molecule has 0 radical (unpaired) electrons. The highest BCUT2D eigenvalue weighted by molar-refractivity contribution is 9.10. The van der Waals surface area contributed by atoms with E-state index in [-0.39, 0.29) is 31.3 Å². The first kappa shape index (κ1) is 30.1. The van der Waals surface area contributed by atoms with Crippen molar-refractivity contribution in [3.05, 3.63) is 64.1 Å². The molecule has 40 heavy (non-hydrogen) atoms. The van der Waals surface area contributed by atoms with E-state index >= 15 is 0 Å². The summed E-state index contributed by atoms with van der Waals surface area (Å²) in [6.07, 6.45) is 2.98. The quantitative estimate of drug-likeness (QED) is 0.276. The number of rotatable bonds is 10. The zero-order valence-electron chi connectivity index (χ0n) is 23.5. The number of carbonyl (C=O) groups excluding carboxylic acids is 2. The number of benzene rings is 2. The Kier molecular flexibility index (Phi) is 9.90. The van der Waals surface area contributed by atoms with Gasteiger partial charge in [0, 0.05) is 42.6 Å². The van der Waals surface area contributed by atoms with E-state index in [4.69, 9.17) is 24.3 Å². The molecule has 2 atom stereocenters. The molecule has 2 aromatic rings. The van der Waals surface area contributed by atoms with E-state index in [1.54, 1.807) is 0 Å². The number of piperidine rings is 1. The van der Waals surface area contributed by atoms with Crippen molar-refractivity contribution < 1.29 is 28.9 Å². The van der Waals surface area contributed by atoms with Gasteiger partial charge in [-0.25, -0.2) is 4.99 Å². The van der Waals surface area contributed by atoms with E-state index in [9.17, 15) is 9.59 Å². The fourth-order valence-corrected chi connectivity index (χ4v) is 5.31. The van der Waals surface area contributed by atoms with Gasteiger partial charge in [0.25, 0.3) is 5.91 Å². The van der Waals surface area contributed by atoms with E-state index in [0.717, 1.165) is 29.3 Å². The lowest BCUT2D eigenvalue weighted by atomic mass is 9.82. The Balaban J connectivity index is 1.72. The van der Waals surface area contributed by atoms with Gasteiger partial charge in [-0.3, -0.25) is 9.59 Å². The van der Waals surface area contributed by atoms with Crippen molar-refractivity contribution >= 4 is 33.7 Å². The highest BCUT2D eigenvalue weighted by atomic mass is 79.9. The Bertz CT molecular complexity index is 1190. The van der Waals surface area contributed by atoms with Crippen LogP contribution in [0.1, 0.15) is 76.5 Å². The number of hydrogen-bond donors (Lipinski definition) is 1. The number of esters is 1. The lowest BCUT2D eigenvalue weighted by molar-refractivity contribution is -0.155. The summed E-state index contributed by atoms with van der Waals surface area (Å²) in [5.41, 5.74) is -0.440. The molecule has 216 valence electrons. The highest BCUT2D eigenvalue weighted by Gasteiger charge is 2.55. The van der Waals surface area contributed by atoms with Gasteiger partial charge in [-0.1, -0.05) is 28.1 Å². The number of aliphatic hydroxyl groups excluding tert-OH is 1. The molecule has 2 heterocycles. The van der Waals surface area contributed by atoms with Gasteiger partial charge in [-0.2, -0.15) is 0 Å². The summed E-state index contributed by atoms with van der Waals surface area (Å²) in [6.45, 7) is 7.28.